The summed E-state index contributed by atoms with van der Waals surface area (Å²) in [6.07, 6.45) is 0. The van der Waals surface area contributed by atoms with Crippen molar-refractivity contribution in [3.8, 4) is 0 Å². The van der Waals surface area contributed by atoms with Crippen molar-refractivity contribution in [3.63, 3.8) is 0 Å². The average molecular weight is 269 g/mol. The average Bonchev–Trinajstić information content (AvgIpc) is 2.36. The summed E-state index contributed by atoms with van der Waals surface area (Å²) in [5.41, 5.74) is 1.37. The summed E-state index contributed by atoms with van der Waals surface area (Å²) >= 11 is 3.96. The van der Waals surface area contributed by atoms with E-state index in [1.807, 2.05) is 23.5 Å². The van der Waals surface area contributed by atoms with E-state index in [2.05, 4.69) is 50.4 Å². The second-order valence-electron chi connectivity index (χ2n) is 3.89. The molecule has 3 heteroatoms. The molecule has 0 saturated carbocycles. The Hall–Kier alpha value is -0.120. The number of thioether (sulfide) groups is 2. The Labute approximate surface area is 114 Å². The van der Waals surface area contributed by atoms with Crippen LogP contribution in [0.2, 0.25) is 0 Å². The molecule has 0 fully saturated rings. The van der Waals surface area contributed by atoms with Crippen LogP contribution in [0.15, 0.2) is 29.2 Å². The van der Waals surface area contributed by atoms with Gasteiger partial charge in [-0.1, -0.05) is 26.0 Å². The van der Waals surface area contributed by atoms with Crippen LogP contribution in [0.4, 0.5) is 0 Å². The molecule has 0 aliphatic rings. The maximum Gasteiger partial charge on any atom is 0.0291 e. The first kappa shape index (κ1) is 14.9. The van der Waals surface area contributed by atoms with E-state index in [1.54, 1.807) is 0 Å². The van der Waals surface area contributed by atoms with E-state index in [9.17, 15) is 0 Å². The van der Waals surface area contributed by atoms with E-state index in [1.165, 1.54) is 27.7 Å². The zero-order valence-electron chi connectivity index (χ0n) is 11.0. The van der Waals surface area contributed by atoms with Gasteiger partial charge in [-0.2, -0.15) is 11.8 Å². The molecule has 17 heavy (non-hydrogen) atoms. The summed E-state index contributed by atoms with van der Waals surface area (Å²) in [7, 11) is 0. The summed E-state index contributed by atoms with van der Waals surface area (Å²) in [5, 5.41) is 3.43. The van der Waals surface area contributed by atoms with Gasteiger partial charge in [0.05, 0.1) is 0 Å². The van der Waals surface area contributed by atoms with Gasteiger partial charge in [0.2, 0.25) is 0 Å². The maximum absolute atomic E-state index is 3.43. The Bertz CT molecular complexity index is 298. The lowest BCUT2D eigenvalue weighted by Crippen LogP contribution is -2.17. The molecule has 0 amide bonds. The summed E-state index contributed by atoms with van der Waals surface area (Å²) in [5.74, 6) is 3.68. The van der Waals surface area contributed by atoms with Crippen molar-refractivity contribution in [1.82, 2.24) is 5.32 Å². The normalized spacial score (nSPS) is 12.6. The predicted octanol–water partition coefficient (Wildman–Crippen LogP) is 4.20. The van der Waals surface area contributed by atoms with Crippen LogP contribution in [0.3, 0.4) is 0 Å². The lowest BCUT2D eigenvalue weighted by atomic mass is 10.1. The van der Waals surface area contributed by atoms with Crippen LogP contribution in [0.25, 0.3) is 0 Å². The first-order valence-corrected chi connectivity index (χ1v) is 8.45. The molecule has 0 spiro atoms. The Balaban J connectivity index is 2.39. The van der Waals surface area contributed by atoms with Crippen LogP contribution in [0.1, 0.15) is 32.4 Å². The Morgan fingerprint density at radius 2 is 1.82 bits per heavy atom. The zero-order valence-corrected chi connectivity index (χ0v) is 12.7. The minimum absolute atomic E-state index is 0.453. The third-order valence-corrected chi connectivity index (χ3v) is 4.76. The second kappa shape index (κ2) is 8.90. The first-order valence-electron chi connectivity index (χ1n) is 6.31. The molecule has 0 heterocycles. The highest BCUT2D eigenvalue weighted by molar-refractivity contribution is 8.02. The molecule has 1 atom stereocenters. The van der Waals surface area contributed by atoms with Gasteiger partial charge in [-0.15, -0.1) is 11.8 Å². The molecule has 0 bridgehead atoms. The standard InChI is InChI=1S/C14H23NS2/c1-4-15-12(3)13-6-8-14(9-7-13)17-11-10-16-5-2/h6-9,12,15H,4-5,10-11H2,1-3H3. The van der Waals surface area contributed by atoms with Gasteiger partial charge >= 0.3 is 0 Å². The zero-order chi connectivity index (χ0) is 12.5. The number of benzene rings is 1. The van der Waals surface area contributed by atoms with Crippen LogP contribution in [-0.4, -0.2) is 23.8 Å². The molecule has 96 valence electrons. The van der Waals surface area contributed by atoms with Crippen molar-refractivity contribution in [2.75, 3.05) is 23.8 Å². The third kappa shape index (κ3) is 5.84. The number of hydrogen-bond donors (Lipinski definition) is 1. The molecule has 0 aliphatic heterocycles. The van der Waals surface area contributed by atoms with Crippen LogP contribution in [0.5, 0.6) is 0 Å². The highest BCUT2D eigenvalue weighted by Crippen LogP contribution is 2.21. The molecule has 0 aromatic heterocycles. The molecule has 0 radical (unpaired) electrons. The quantitative estimate of drug-likeness (QED) is 0.561. The summed E-state index contributed by atoms with van der Waals surface area (Å²) in [6, 6.07) is 9.41. The predicted molar refractivity (Wildman–Crippen MR) is 82.3 cm³/mol. The fourth-order valence-corrected chi connectivity index (χ4v) is 3.30. The first-order chi connectivity index (χ1) is 8.27. The van der Waals surface area contributed by atoms with Crippen molar-refractivity contribution < 1.29 is 0 Å². The van der Waals surface area contributed by atoms with Crippen LogP contribution < -0.4 is 5.32 Å². The lowest BCUT2D eigenvalue weighted by molar-refractivity contribution is 0.598. The molecule has 0 aliphatic carbocycles. The second-order valence-corrected chi connectivity index (χ2v) is 6.46. The van der Waals surface area contributed by atoms with E-state index in [4.69, 9.17) is 0 Å². The highest BCUT2D eigenvalue weighted by Gasteiger charge is 2.03. The van der Waals surface area contributed by atoms with Gasteiger partial charge in [0.1, 0.15) is 0 Å². The van der Waals surface area contributed by atoms with Gasteiger partial charge in [-0.05, 0) is 36.9 Å². The molecular weight excluding hydrogens is 246 g/mol. The highest BCUT2D eigenvalue weighted by atomic mass is 32.2. The monoisotopic (exact) mass is 269 g/mol. The van der Waals surface area contributed by atoms with Gasteiger partial charge in [0.15, 0.2) is 0 Å². The Morgan fingerprint density at radius 3 is 2.41 bits per heavy atom. The van der Waals surface area contributed by atoms with Crippen molar-refractivity contribution in [3.05, 3.63) is 29.8 Å². The summed E-state index contributed by atoms with van der Waals surface area (Å²) in [6.45, 7) is 7.59. The minimum Gasteiger partial charge on any atom is -0.310 e. The van der Waals surface area contributed by atoms with Gasteiger partial charge < -0.3 is 5.32 Å². The summed E-state index contributed by atoms with van der Waals surface area (Å²) < 4.78 is 0. The molecule has 1 rings (SSSR count). The fourth-order valence-electron chi connectivity index (χ4n) is 1.64. The van der Waals surface area contributed by atoms with Crippen LogP contribution in [0, 0.1) is 0 Å². The maximum atomic E-state index is 3.43. The van der Waals surface area contributed by atoms with E-state index < -0.39 is 0 Å². The molecule has 1 aromatic carbocycles. The molecule has 0 saturated heterocycles. The van der Waals surface area contributed by atoms with E-state index in [-0.39, 0.29) is 0 Å². The minimum atomic E-state index is 0.453. The van der Waals surface area contributed by atoms with Crippen molar-refractivity contribution >= 4 is 23.5 Å². The Morgan fingerprint density at radius 1 is 1.12 bits per heavy atom. The number of nitrogens with one attached hydrogen (secondary N) is 1. The number of hydrogen-bond acceptors (Lipinski definition) is 3. The van der Waals surface area contributed by atoms with Gasteiger partial charge in [0.25, 0.3) is 0 Å². The van der Waals surface area contributed by atoms with Crippen LogP contribution in [-0.2, 0) is 0 Å². The number of rotatable bonds is 8. The van der Waals surface area contributed by atoms with Crippen LogP contribution >= 0.6 is 23.5 Å². The van der Waals surface area contributed by atoms with Gasteiger partial charge in [-0.25, -0.2) is 0 Å². The van der Waals surface area contributed by atoms with Gasteiger partial charge in [-0.3, -0.25) is 0 Å². The molecule has 1 unspecified atom stereocenters. The SMILES string of the molecule is CCNC(C)c1ccc(SCCSCC)cc1. The van der Waals surface area contributed by atoms with E-state index >= 15 is 0 Å². The fraction of sp³-hybridized carbons (Fsp3) is 0.571. The largest absolute Gasteiger partial charge is 0.310 e. The Kier molecular flexibility index (Phi) is 7.82. The van der Waals surface area contributed by atoms with E-state index in [0.717, 1.165) is 6.54 Å². The van der Waals surface area contributed by atoms with Gasteiger partial charge in [0, 0.05) is 22.4 Å². The summed E-state index contributed by atoms with van der Waals surface area (Å²) in [4.78, 5) is 1.38. The molecular formula is C14H23NS2. The molecule has 1 aromatic rings. The van der Waals surface area contributed by atoms with Crippen molar-refractivity contribution in [1.29, 1.82) is 0 Å². The van der Waals surface area contributed by atoms with Crippen molar-refractivity contribution in [2.45, 2.75) is 31.7 Å². The topological polar surface area (TPSA) is 12.0 Å². The lowest BCUT2D eigenvalue weighted by Gasteiger charge is -2.13. The smallest absolute Gasteiger partial charge is 0.0291 e. The van der Waals surface area contributed by atoms with E-state index in [0.29, 0.717) is 6.04 Å². The molecule has 1 N–H and O–H groups in total. The van der Waals surface area contributed by atoms with Crippen molar-refractivity contribution in [2.24, 2.45) is 0 Å². The third-order valence-electron chi connectivity index (χ3n) is 2.59. The molecule has 1 nitrogen and oxygen atoms in total.